The van der Waals surface area contributed by atoms with E-state index in [1.54, 1.807) is 0 Å². The maximum absolute atomic E-state index is 14.9. The molecule has 2 atom stereocenters. The summed E-state index contributed by atoms with van der Waals surface area (Å²) < 4.78 is 46.7. The summed E-state index contributed by atoms with van der Waals surface area (Å²) in [6, 6.07) is 19.9. The highest BCUT2D eigenvalue weighted by Crippen LogP contribution is 2.37. The van der Waals surface area contributed by atoms with E-state index < -0.39 is 23.5 Å². The van der Waals surface area contributed by atoms with Gasteiger partial charge in [-0.1, -0.05) is 6.07 Å². The van der Waals surface area contributed by atoms with Gasteiger partial charge in [-0.25, -0.2) is 13.6 Å². The first kappa shape index (κ1) is 31.8. The number of nitrogens with zero attached hydrogens (tertiary/aromatic N) is 7. The van der Waals surface area contributed by atoms with Crippen molar-refractivity contribution < 1.29 is 27.8 Å². The highest BCUT2D eigenvalue weighted by atomic mass is 19.1. The molecule has 4 heterocycles. The number of hydrogen-bond donors (Lipinski definition) is 0. The smallest absolute Gasteiger partial charge is 0.324 e. The molecule has 252 valence electrons. The van der Waals surface area contributed by atoms with Crippen molar-refractivity contribution in [2.75, 3.05) is 67.2 Å². The zero-order valence-electron chi connectivity index (χ0n) is 27.0. The van der Waals surface area contributed by atoms with Gasteiger partial charge in [-0.2, -0.15) is 15.0 Å². The summed E-state index contributed by atoms with van der Waals surface area (Å²) in [5.74, 6) is -0.749. The zero-order chi connectivity index (χ0) is 33.3. The molecule has 3 aromatic carbocycles. The first-order valence-corrected chi connectivity index (χ1v) is 16.3. The van der Waals surface area contributed by atoms with Crippen LogP contribution in [0.4, 0.5) is 30.6 Å². The molecule has 3 fully saturated rings. The van der Waals surface area contributed by atoms with E-state index in [2.05, 4.69) is 32.1 Å². The first-order chi connectivity index (χ1) is 23.3. The molecule has 13 heteroatoms. The van der Waals surface area contributed by atoms with Gasteiger partial charge in [-0.05, 0) is 68.4 Å². The van der Waals surface area contributed by atoms with Crippen molar-refractivity contribution in [3.63, 3.8) is 0 Å². The molecule has 4 aromatic rings. The second-order valence-corrected chi connectivity index (χ2v) is 12.6. The van der Waals surface area contributed by atoms with Gasteiger partial charge < -0.3 is 28.9 Å². The number of benzene rings is 3. The van der Waals surface area contributed by atoms with Crippen molar-refractivity contribution in [2.45, 2.75) is 38.3 Å². The number of urea groups is 1. The largest absolute Gasteiger partial charge is 0.488 e. The molecular weight excluding hydrogens is 620 g/mol. The van der Waals surface area contributed by atoms with Crippen LogP contribution in [0.2, 0.25) is 0 Å². The molecule has 3 aliphatic heterocycles. The van der Waals surface area contributed by atoms with Gasteiger partial charge in [0, 0.05) is 74.0 Å². The number of anilines is 3. The Bertz CT molecular complexity index is 1700. The third-order valence-corrected chi connectivity index (χ3v) is 9.20. The topological polar surface area (TPSA) is 88.4 Å². The lowest BCUT2D eigenvalue weighted by Crippen LogP contribution is -2.46. The second kappa shape index (κ2) is 13.4. The molecule has 0 bridgehead atoms. The maximum Gasteiger partial charge on any atom is 0.324 e. The van der Waals surface area contributed by atoms with E-state index in [0.29, 0.717) is 12.3 Å². The van der Waals surface area contributed by atoms with Crippen LogP contribution in [0.1, 0.15) is 19.4 Å². The van der Waals surface area contributed by atoms with E-state index >= 15 is 0 Å². The van der Waals surface area contributed by atoms with Crippen molar-refractivity contribution in [3.8, 4) is 5.75 Å². The molecule has 0 spiro atoms. The van der Waals surface area contributed by atoms with Crippen molar-refractivity contribution in [1.82, 2.24) is 19.9 Å². The highest BCUT2D eigenvalue weighted by molar-refractivity contribution is 5.94. The Hall–Kier alpha value is -4.75. The minimum Gasteiger partial charge on any atom is -0.488 e. The molecule has 0 N–H and O–H groups in total. The van der Waals surface area contributed by atoms with Gasteiger partial charge in [-0.15, -0.1) is 0 Å². The van der Waals surface area contributed by atoms with Gasteiger partial charge >= 0.3 is 6.03 Å². The standard InChI is InChI=1S/C35H39F2N7O4/c1-25(2)42-19-20-43(34(42)45)29-6-4-27(5-7-29)40-15-17-41(18-16-40)28-8-10-30(11-9-28)46-22-33-47-24-35(48-33,23-44-38-13-14-39-44)31-12-3-26(36)21-32(31)37/h3-14,21,25,33H,15-20,22-24H2,1-2H3/t33-,35+/m0/s1. The molecule has 0 unspecified atom stereocenters. The van der Waals surface area contributed by atoms with E-state index in [1.165, 1.54) is 29.3 Å². The third-order valence-electron chi connectivity index (χ3n) is 9.20. The lowest BCUT2D eigenvalue weighted by atomic mass is 9.94. The predicted molar refractivity (Wildman–Crippen MR) is 176 cm³/mol. The number of rotatable bonds is 10. The van der Waals surface area contributed by atoms with Gasteiger partial charge in [0.05, 0.1) is 25.5 Å². The minimum absolute atomic E-state index is 0.0232. The fraction of sp³-hybridized carbons (Fsp3) is 0.400. The molecule has 48 heavy (non-hydrogen) atoms. The fourth-order valence-corrected chi connectivity index (χ4v) is 6.61. The van der Waals surface area contributed by atoms with Gasteiger partial charge in [-0.3, -0.25) is 4.90 Å². The number of piperazine rings is 1. The Labute approximate surface area is 278 Å². The Morgan fingerprint density at radius 1 is 0.854 bits per heavy atom. The van der Waals surface area contributed by atoms with Crippen molar-refractivity contribution in [1.29, 1.82) is 0 Å². The Morgan fingerprint density at radius 2 is 1.48 bits per heavy atom. The average molecular weight is 660 g/mol. The number of halogens is 2. The summed E-state index contributed by atoms with van der Waals surface area (Å²) >= 11 is 0. The van der Waals surface area contributed by atoms with Crippen LogP contribution in [-0.2, 0) is 21.6 Å². The van der Waals surface area contributed by atoms with Crippen LogP contribution in [0.3, 0.4) is 0 Å². The van der Waals surface area contributed by atoms with E-state index in [-0.39, 0.29) is 37.4 Å². The van der Waals surface area contributed by atoms with Crippen LogP contribution in [0.25, 0.3) is 0 Å². The summed E-state index contributed by atoms with van der Waals surface area (Å²) in [5, 5.41) is 8.26. The number of hydrogen-bond acceptors (Lipinski definition) is 8. The van der Waals surface area contributed by atoms with Crippen LogP contribution in [-0.4, -0.2) is 90.7 Å². The predicted octanol–water partition coefficient (Wildman–Crippen LogP) is 4.88. The minimum atomic E-state index is -1.25. The third kappa shape index (κ3) is 6.52. The summed E-state index contributed by atoms with van der Waals surface area (Å²) in [6.45, 7) is 9.24. The lowest BCUT2D eigenvalue weighted by molar-refractivity contribution is -0.117. The Morgan fingerprint density at radius 3 is 2.08 bits per heavy atom. The Kier molecular flexibility index (Phi) is 8.88. The number of carbonyl (C=O) groups excluding carboxylic acids is 1. The lowest BCUT2D eigenvalue weighted by Gasteiger charge is -2.37. The molecule has 3 aliphatic rings. The molecule has 11 nitrogen and oxygen atoms in total. The van der Waals surface area contributed by atoms with E-state index in [0.717, 1.165) is 55.9 Å². The SMILES string of the molecule is CC(C)N1CCN(c2ccc(N3CCN(c4ccc(OC[C@H]5OC[C@](Cn6nccn6)(c6ccc(F)cc6F)O5)cc4)CC3)cc2)C1=O. The molecule has 2 amide bonds. The van der Waals surface area contributed by atoms with Crippen molar-refractivity contribution in [3.05, 3.63) is 96.3 Å². The number of aromatic nitrogens is 3. The summed E-state index contributed by atoms with van der Waals surface area (Å²) in [5.41, 5.74) is 2.11. The highest BCUT2D eigenvalue weighted by Gasteiger charge is 2.46. The molecule has 0 radical (unpaired) electrons. The van der Waals surface area contributed by atoms with Crippen molar-refractivity contribution >= 4 is 23.1 Å². The van der Waals surface area contributed by atoms with Crippen LogP contribution in [0, 0.1) is 11.6 Å². The van der Waals surface area contributed by atoms with E-state index in [1.807, 2.05) is 60.0 Å². The van der Waals surface area contributed by atoms with Gasteiger partial charge in [0.25, 0.3) is 0 Å². The fourth-order valence-electron chi connectivity index (χ4n) is 6.61. The van der Waals surface area contributed by atoms with Gasteiger partial charge in [0.2, 0.25) is 0 Å². The molecular formula is C35H39F2N7O4. The zero-order valence-corrected chi connectivity index (χ0v) is 27.0. The van der Waals surface area contributed by atoms with Crippen molar-refractivity contribution in [2.24, 2.45) is 0 Å². The number of ether oxygens (including phenoxy) is 3. The van der Waals surface area contributed by atoms with Gasteiger partial charge in [0.1, 0.15) is 29.6 Å². The Balaban J connectivity index is 0.914. The molecule has 3 saturated heterocycles. The number of amides is 2. The van der Waals surface area contributed by atoms with Gasteiger partial charge in [0.15, 0.2) is 6.29 Å². The first-order valence-electron chi connectivity index (χ1n) is 16.3. The summed E-state index contributed by atoms with van der Waals surface area (Å²) in [7, 11) is 0. The normalized spacial score (nSPS) is 21.5. The maximum atomic E-state index is 14.9. The summed E-state index contributed by atoms with van der Waals surface area (Å²) in [4.78, 5) is 22.6. The van der Waals surface area contributed by atoms with Crippen LogP contribution >= 0.6 is 0 Å². The quantitative estimate of drug-likeness (QED) is 0.238. The summed E-state index contributed by atoms with van der Waals surface area (Å²) in [6.07, 6.45) is 2.26. The molecule has 0 saturated carbocycles. The van der Waals surface area contributed by atoms with E-state index in [9.17, 15) is 13.6 Å². The van der Waals surface area contributed by atoms with E-state index in [4.69, 9.17) is 14.2 Å². The molecule has 7 rings (SSSR count). The van der Waals surface area contributed by atoms with Crippen LogP contribution in [0.5, 0.6) is 5.75 Å². The number of carbonyl (C=O) groups is 1. The molecule has 1 aromatic heterocycles. The average Bonchev–Trinajstić information content (AvgIpc) is 3.85. The molecule has 0 aliphatic carbocycles. The van der Waals surface area contributed by atoms with Crippen LogP contribution < -0.4 is 19.4 Å². The van der Waals surface area contributed by atoms with Crippen LogP contribution in [0.15, 0.2) is 79.1 Å². The monoisotopic (exact) mass is 659 g/mol. The second-order valence-electron chi connectivity index (χ2n) is 12.6.